The minimum Gasteiger partial charge on any atom is -0.369 e. The van der Waals surface area contributed by atoms with Crippen molar-refractivity contribution in [1.29, 1.82) is 0 Å². The molecule has 0 radical (unpaired) electrons. The molecule has 0 aliphatic heterocycles. The quantitative estimate of drug-likeness (QED) is 0.838. The van der Waals surface area contributed by atoms with Crippen LogP contribution in [0.15, 0.2) is 12.3 Å². The SMILES string of the molecule is Cc1cnc2c(c1)nc(N)n2C1CCC(C)(C)C1. The molecule has 1 unspecified atom stereocenters. The number of hydrogen-bond acceptors (Lipinski definition) is 3. The molecule has 2 aromatic rings. The van der Waals surface area contributed by atoms with E-state index >= 15 is 0 Å². The molecule has 2 N–H and O–H groups in total. The van der Waals surface area contributed by atoms with Gasteiger partial charge in [0.25, 0.3) is 0 Å². The number of aryl methyl sites for hydroxylation is 1. The molecule has 0 saturated heterocycles. The van der Waals surface area contributed by atoms with E-state index in [4.69, 9.17) is 5.73 Å². The van der Waals surface area contributed by atoms with E-state index in [-0.39, 0.29) is 0 Å². The lowest BCUT2D eigenvalue weighted by atomic mass is 9.92. The van der Waals surface area contributed by atoms with E-state index in [1.54, 1.807) is 0 Å². The van der Waals surface area contributed by atoms with Crippen LogP contribution in [0.1, 0.15) is 44.7 Å². The second kappa shape index (κ2) is 3.70. The Kier molecular flexibility index (Phi) is 2.37. The highest BCUT2D eigenvalue weighted by Crippen LogP contribution is 2.45. The number of imidazole rings is 1. The Morgan fingerprint density at radius 2 is 2.22 bits per heavy atom. The molecule has 2 heterocycles. The van der Waals surface area contributed by atoms with Crippen molar-refractivity contribution in [3.8, 4) is 0 Å². The van der Waals surface area contributed by atoms with Crippen LogP contribution in [-0.4, -0.2) is 14.5 Å². The smallest absolute Gasteiger partial charge is 0.202 e. The summed E-state index contributed by atoms with van der Waals surface area (Å²) in [6.45, 7) is 6.67. The molecule has 96 valence electrons. The second-order valence-electron chi connectivity index (χ2n) is 6.26. The van der Waals surface area contributed by atoms with Crippen molar-refractivity contribution < 1.29 is 0 Å². The highest BCUT2D eigenvalue weighted by molar-refractivity contribution is 5.74. The maximum absolute atomic E-state index is 6.08. The van der Waals surface area contributed by atoms with Gasteiger partial charge in [0.15, 0.2) is 5.65 Å². The lowest BCUT2D eigenvalue weighted by Gasteiger charge is -2.18. The van der Waals surface area contributed by atoms with Gasteiger partial charge in [0.2, 0.25) is 5.95 Å². The molecule has 18 heavy (non-hydrogen) atoms. The zero-order chi connectivity index (χ0) is 12.9. The maximum Gasteiger partial charge on any atom is 0.202 e. The summed E-state index contributed by atoms with van der Waals surface area (Å²) in [5.74, 6) is 0.603. The summed E-state index contributed by atoms with van der Waals surface area (Å²) < 4.78 is 2.13. The van der Waals surface area contributed by atoms with Crippen molar-refractivity contribution in [1.82, 2.24) is 14.5 Å². The number of rotatable bonds is 1. The summed E-state index contributed by atoms with van der Waals surface area (Å²) in [5.41, 5.74) is 9.45. The van der Waals surface area contributed by atoms with Crippen LogP contribution >= 0.6 is 0 Å². The molecule has 1 fully saturated rings. The van der Waals surface area contributed by atoms with E-state index in [1.807, 2.05) is 13.1 Å². The Bertz CT molecular complexity index is 597. The molecule has 1 atom stereocenters. The molecule has 1 aliphatic carbocycles. The van der Waals surface area contributed by atoms with Crippen LogP contribution in [0.2, 0.25) is 0 Å². The minimum absolute atomic E-state index is 0.401. The molecule has 4 heteroatoms. The van der Waals surface area contributed by atoms with E-state index in [1.165, 1.54) is 6.42 Å². The fraction of sp³-hybridized carbons (Fsp3) is 0.571. The summed E-state index contributed by atoms with van der Waals surface area (Å²) >= 11 is 0. The maximum atomic E-state index is 6.08. The van der Waals surface area contributed by atoms with Crippen molar-refractivity contribution in [2.75, 3.05) is 5.73 Å². The van der Waals surface area contributed by atoms with Crippen molar-refractivity contribution in [2.45, 2.75) is 46.1 Å². The summed E-state index contributed by atoms with van der Waals surface area (Å²) in [6.07, 6.45) is 5.44. The zero-order valence-electron chi connectivity index (χ0n) is 11.3. The van der Waals surface area contributed by atoms with E-state index in [0.717, 1.165) is 29.6 Å². The number of nitrogens with zero attached hydrogens (tertiary/aromatic N) is 3. The van der Waals surface area contributed by atoms with Gasteiger partial charge in [-0.1, -0.05) is 13.8 Å². The van der Waals surface area contributed by atoms with E-state index < -0.39 is 0 Å². The van der Waals surface area contributed by atoms with Gasteiger partial charge in [0, 0.05) is 12.2 Å². The van der Waals surface area contributed by atoms with Crippen LogP contribution in [0.5, 0.6) is 0 Å². The van der Waals surface area contributed by atoms with Gasteiger partial charge < -0.3 is 5.73 Å². The van der Waals surface area contributed by atoms with Crippen LogP contribution in [0.4, 0.5) is 5.95 Å². The van der Waals surface area contributed by atoms with E-state index in [9.17, 15) is 0 Å². The number of fused-ring (bicyclic) bond motifs is 1. The topological polar surface area (TPSA) is 56.7 Å². The van der Waals surface area contributed by atoms with Crippen molar-refractivity contribution in [3.05, 3.63) is 17.8 Å². The summed E-state index contributed by atoms with van der Waals surface area (Å²) in [6, 6.07) is 2.50. The van der Waals surface area contributed by atoms with Gasteiger partial charge in [-0.25, -0.2) is 9.97 Å². The Balaban J connectivity index is 2.09. The number of hydrogen-bond donors (Lipinski definition) is 1. The molecule has 1 aliphatic rings. The normalized spacial score (nSPS) is 22.7. The zero-order valence-corrected chi connectivity index (χ0v) is 11.3. The van der Waals surface area contributed by atoms with E-state index in [0.29, 0.717) is 17.4 Å². The van der Waals surface area contributed by atoms with Crippen molar-refractivity contribution in [2.24, 2.45) is 5.41 Å². The molecule has 0 bridgehead atoms. The lowest BCUT2D eigenvalue weighted by molar-refractivity contribution is 0.361. The first-order valence-corrected chi connectivity index (χ1v) is 6.56. The molecule has 0 amide bonds. The third-order valence-corrected chi connectivity index (χ3v) is 4.00. The number of nitrogens with two attached hydrogens (primary N) is 1. The summed E-state index contributed by atoms with van der Waals surface area (Å²) in [7, 11) is 0. The third-order valence-electron chi connectivity index (χ3n) is 4.00. The molecule has 3 rings (SSSR count). The first-order chi connectivity index (χ1) is 8.46. The predicted octanol–water partition coefficient (Wildman–Crippen LogP) is 3.07. The number of pyridine rings is 1. The minimum atomic E-state index is 0.401. The number of aromatic nitrogens is 3. The van der Waals surface area contributed by atoms with Gasteiger partial charge in [-0.05, 0) is 43.2 Å². The monoisotopic (exact) mass is 244 g/mol. The molecular weight excluding hydrogens is 224 g/mol. The fourth-order valence-electron chi connectivity index (χ4n) is 3.08. The second-order valence-corrected chi connectivity index (χ2v) is 6.26. The lowest BCUT2D eigenvalue weighted by Crippen LogP contribution is -2.12. The van der Waals surface area contributed by atoms with Crippen molar-refractivity contribution in [3.63, 3.8) is 0 Å². The summed E-state index contributed by atoms with van der Waals surface area (Å²) in [5, 5.41) is 0. The molecule has 0 spiro atoms. The Morgan fingerprint density at radius 1 is 1.44 bits per heavy atom. The van der Waals surface area contributed by atoms with Gasteiger partial charge in [-0.15, -0.1) is 0 Å². The first kappa shape index (κ1) is 11.5. The fourth-order valence-corrected chi connectivity index (χ4v) is 3.08. The Morgan fingerprint density at radius 3 is 2.89 bits per heavy atom. The largest absolute Gasteiger partial charge is 0.369 e. The van der Waals surface area contributed by atoms with E-state index in [2.05, 4.69) is 34.4 Å². The highest BCUT2D eigenvalue weighted by Gasteiger charge is 2.33. The average molecular weight is 244 g/mol. The number of nitrogen functional groups attached to an aromatic ring is 1. The van der Waals surface area contributed by atoms with Crippen LogP contribution in [0.3, 0.4) is 0 Å². The Labute approximate surface area is 107 Å². The van der Waals surface area contributed by atoms with Gasteiger partial charge >= 0.3 is 0 Å². The van der Waals surface area contributed by atoms with Crippen molar-refractivity contribution >= 4 is 17.1 Å². The Hall–Kier alpha value is -1.58. The van der Waals surface area contributed by atoms with Gasteiger partial charge in [0.05, 0.1) is 0 Å². The molecule has 2 aromatic heterocycles. The summed E-state index contributed by atoms with van der Waals surface area (Å²) in [4.78, 5) is 8.96. The number of anilines is 1. The average Bonchev–Trinajstić information content (AvgIpc) is 2.77. The van der Waals surface area contributed by atoms with Crippen LogP contribution in [-0.2, 0) is 0 Å². The predicted molar refractivity (Wildman–Crippen MR) is 73.3 cm³/mol. The molecule has 1 saturated carbocycles. The van der Waals surface area contributed by atoms with Gasteiger partial charge in [-0.3, -0.25) is 4.57 Å². The van der Waals surface area contributed by atoms with Crippen LogP contribution in [0.25, 0.3) is 11.2 Å². The van der Waals surface area contributed by atoms with Crippen LogP contribution in [0, 0.1) is 12.3 Å². The highest BCUT2D eigenvalue weighted by atomic mass is 15.2. The first-order valence-electron chi connectivity index (χ1n) is 6.56. The third kappa shape index (κ3) is 1.76. The molecule has 0 aromatic carbocycles. The molecule has 4 nitrogen and oxygen atoms in total. The van der Waals surface area contributed by atoms with Gasteiger partial charge in [-0.2, -0.15) is 0 Å². The standard InChI is InChI=1S/C14H20N4/c1-9-6-11-12(16-8-9)18(13(15)17-11)10-4-5-14(2,3)7-10/h6,8,10H,4-5,7H2,1-3H3,(H2,15,17). The molecular formula is C14H20N4. The van der Waals surface area contributed by atoms with Crippen LogP contribution < -0.4 is 5.73 Å². The van der Waals surface area contributed by atoms with Gasteiger partial charge in [0.1, 0.15) is 5.52 Å².